The van der Waals surface area contributed by atoms with Crippen molar-refractivity contribution in [1.29, 1.82) is 0 Å². The molecule has 6 nitrogen and oxygen atoms in total. The van der Waals surface area contributed by atoms with E-state index in [9.17, 15) is 9.59 Å². The number of rotatable bonds is 4. The Balaban J connectivity index is 1.44. The number of methoxy groups -OCH3 is 1. The second-order valence-electron chi connectivity index (χ2n) is 6.99. The van der Waals surface area contributed by atoms with Gasteiger partial charge in [-0.1, -0.05) is 23.7 Å². The van der Waals surface area contributed by atoms with Crippen LogP contribution in [0.3, 0.4) is 0 Å². The highest BCUT2D eigenvalue weighted by atomic mass is 35.5. The maximum atomic E-state index is 13.0. The molecule has 2 aromatic carbocycles. The quantitative estimate of drug-likeness (QED) is 0.740. The summed E-state index contributed by atoms with van der Waals surface area (Å²) in [5.41, 5.74) is 1.65. The van der Waals surface area contributed by atoms with E-state index < -0.39 is 6.04 Å². The molecule has 0 bridgehead atoms. The first kappa shape index (κ1) is 18.8. The number of benzene rings is 2. The highest BCUT2D eigenvalue weighted by molar-refractivity contribution is 6.30. The molecule has 4 rings (SSSR count). The molecule has 0 aromatic heterocycles. The number of hydrogen-bond donors (Lipinski definition) is 0. The Morgan fingerprint density at radius 2 is 1.68 bits per heavy atom. The summed E-state index contributed by atoms with van der Waals surface area (Å²) in [4.78, 5) is 31.2. The first-order valence-corrected chi connectivity index (χ1v) is 9.70. The molecule has 28 heavy (non-hydrogen) atoms. The van der Waals surface area contributed by atoms with Crippen molar-refractivity contribution in [3.05, 3.63) is 53.6 Å². The van der Waals surface area contributed by atoms with Crippen molar-refractivity contribution in [2.24, 2.45) is 0 Å². The van der Waals surface area contributed by atoms with Crippen LogP contribution >= 0.6 is 11.6 Å². The summed E-state index contributed by atoms with van der Waals surface area (Å²) < 4.78 is 5.22. The lowest BCUT2D eigenvalue weighted by atomic mass is 10.1. The fraction of sp³-hybridized carbons (Fsp3) is 0.333. The highest BCUT2D eigenvalue weighted by Gasteiger charge is 2.43. The van der Waals surface area contributed by atoms with Crippen LogP contribution in [-0.4, -0.2) is 56.0 Å². The highest BCUT2D eigenvalue weighted by Crippen LogP contribution is 2.29. The minimum Gasteiger partial charge on any atom is -0.497 e. The van der Waals surface area contributed by atoms with Gasteiger partial charge in [0.05, 0.1) is 25.3 Å². The van der Waals surface area contributed by atoms with E-state index in [1.807, 2.05) is 24.3 Å². The number of piperazine rings is 1. The van der Waals surface area contributed by atoms with Crippen LogP contribution in [0.5, 0.6) is 5.75 Å². The van der Waals surface area contributed by atoms with Crippen molar-refractivity contribution >= 4 is 34.8 Å². The fourth-order valence-electron chi connectivity index (χ4n) is 3.89. The molecule has 0 unspecified atom stereocenters. The van der Waals surface area contributed by atoms with E-state index in [0.29, 0.717) is 16.5 Å². The predicted molar refractivity (Wildman–Crippen MR) is 109 cm³/mol. The zero-order chi connectivity index (χ0) is 19.7. The molecule has 2 aliphatic rings. The summed E-state index contributed by atoms with van der Waals surface area (Å²) in [5, 5.41) is 0.713. The molecule has 1 atom stereocenters. The number of hydrogen-bond acceptors (Lipinski definition) is 5. The SMILES string of the molecule is COc1cccc(N2C(=O)C[C@H](N3CCN(c4cccc(Cl)c4)CC3)C2=O)c1. The molecule has 146 valence electrons. The van der Waals surface area contributed by atoms with Gasteiger partial charge in [-0.15, -0.1) is 0 Å². The van der Waals surface area contributed by atoms with Gasteiger partial charge in [-0.2, -0.15) is 0 Å². The van der Waals surface area contributed by atoms with Gasteiger partial charge < -0.3 is 9.64 Å². The van der Waals surface area contributed by atoms with E-state index >= 15 is 0 Å². The number of ether oxygens (including phenoxy) is 1. The molecule has 2 aromatic rings. The van der Waals surface area contributed by atoms with Crippen LogP contribution in [0.4, 0.5) is 11.4 Å². The second kappa shape index (κ2) is 7.81. The molecule has 0 saturated carbocycles. The molecule has 0 spiro atoms. The van der Waals surface area contributed by atoms with E-state index in [0.717, 1.165) is 31.9 Å². The van der Waals surface area contributed by atoms with Gasteiger partial charge in [0.1, 0.15) is 5.75 Å². The lowest BCUT2D eigenvalue weighted by Gasteiger charge is -2.38. The average Bonchev–Trinajstić information content (AvgIpc) is 3.02. The van der Waals surface area contributed by atoms with Crippen LogP contribution in [-0.2, 0) is 9.59 Å². The lowest BCUT2D eigenvalue weighted by Crippen LogP contribution is -2.52. The average molecular weight is 400 g/mol. The van der Waals surface area contributed by atoms with Gasteiger partial charge in [0.25, 0.3) is 5.91 Å². The second-order valence-corrected chi connectivity index (χ2v) is 7.43. The summed E-state index contributed by atoms with van der Waals surface area (Å²) in [5.74, 6) is 0.298. The molecular weight excluding hydrogens is 378 g/mol. The number of anilines is 2. The molecule has 2 amide bonds. The third kappa shape index (κ3) is 3.57. The normalized spacial score (nSPS) is 20.7. The third-order valence-corrected chi connectivity index (χ3v) is 5.60. The van der Waals surface area contributed by atoms with Gasteiger partial charge in [0.15, 0.2) is 0 Å². The zero-order valence-corrected chi connectivity index (χ0v) is 16.4. The van der Waals surface area contributed by atoms with Gasteiger partial charge in [-0.25, -0.2) is 4.90 Å². The summed E-state index contributed by atoms with van der Waals surface area (Å²) >= 11 is 6.09. The molecule has 2 aliphatic heterocycles. The van der Waals surface area contributed by atoms with E-state index in [1.54, 1.807) is 31.4 Å². The minimum atomic E-state index is -0.403. The maximum Gasteiger partial charge on any atom is 0.251 e. The van der Waals surface area contributed by atoms with Gasteiger partial charge in [0, 0.05) is 43.0 Å². The summed E-state index contributed by atoms with van der Waals surface area (Å²) in [6.07, 6.45) is 0.215. The monoisotopic (exact) mass is 399 g/mol. The van der Waals surface area contributed by atoms with Crippen LogP contribution in [0.15, 0.2) is 48.5 Å². The Labute approximate surface area is 169 Å². The van der Waals surface area contributed by atoms with E-state index in [4.69, 9.17) is 16.3 Å². The van der Waals surface area contributed by atoms with Crippen LogP contribution in [0.25, 0.3) is 0 Å². The van der Waals surface area contributed by atoms with Crippen molar-refractivity contribution < 1.29 is 14.3 Å². The Bertz CT molecular complexity index is 896. The Morgan fingerprint density at radius 3 is 2.39 bits per heavy atom. The Morgan fingerprint density at radius 1 is 0.964 bits per heavy atom. The first-order valence-electron chi connectivity index (χ1n) is 9.32. The number of nitrogens with zero attached hydrogens (tertiary/aromatic N) is 3. The van der Waals surface area contributed by atoms with Crippen molar-refractivity contribution in [2.45, 2.75) is 12.5 Å². The molecule has 2 fully saturated rings. The number of imide groups is 1. The molecule has 7 heteroatoms. The topological polar surface area (TPSA) is 53.1 Å². The Kier molecular flexibility index (Phi) is 5.24. The number of carbonyl (C=O) groups is 2. The van der Waals surface area contributed by atoms with E-state index in [2.05, 4.69) is 9.80 Å². The molecular formula is C21H22ClN3O3. The Hall–Kier alpha value is -2.57. The first-order chi connectivity index (χ1) is 13.6. The standard InChI is InChI=1S/C21H22ClN3O3/c1-28-18-7-3-6-17(13-18)25-20(26)14-19(21(25)27)24-10-8-23(9-11-24)16-5-2-4-15(22)12-16/h2-7,12-13,19H,8-11,14H2,1H3/t19-/m0/s1. The van der Waals surface area contributed by atoms with Crippen molar-refractivity contribution in [1.82, 2.24) is 4.90 Å². The minimum absolute atomic E-state index is 0.158. The molecule has 0 aliphatic carbocycles. The van der Waals surface area contributed by atoms with Crippen LogP contribution < -0.4 is 14.5 Å². The van der Waals surface area contributed by atoms with Gasteiger partial charge in [-0.3, -0.25) is 14.5 Å². The van der Waals surface area contributed by atoms with E-state index in [-0.39, 0.29) is 18.2 Å². The smallest absolute Gasteiger partial charge is 0.251 e. The molecule has 0 radical (unpaired) electrons. The van der Waals surface area contributed by atoms with Gasteiger partial charge in [0.2, 0.25) is 5.91 Å². The van der Waals surface area contributed by atoms with Crippen molar-refractivity contribution in [2.75, 3.05) is 43.1 Å². The van der Waals surface area contributed by atoms with Crippen molar-refractivity contribution in [3.8, 4) is 5.75 Å². The summed E-state index contributed by atoms with van der Waals surface area (Å²) in [7, 11) is 1.56. The lowest BCUT2D eigenvalue weighted by molar-refractivity contribution is -0.123. The maximum absolute atomic E-state index is 13.0. The van der Waals surface area contributed by atoms with Gasteiger partial charge in [-0.05, 0) is 30.3 Å². The van der Waals surface area contributed by atoms with Crippen LogP contribution in [0.2, 0.25) is 5.02 Å². The zero-order valence-electron chi connectivity index (χ0n) is 15.7. The van der Waals surface area contributed by atoms with E-state index in [1.165, 1.54) is 4.90 Å². The number of carbonyl (C=O) groups excluding carboxylic acids is 2. The van der Waals surface area contributed by atoms with Crippen molar-refractivity contribution in [3.63, 3.8) is 0 Å². The summed E-state index contributed by atoms with van der Waals surface area (Å²) in [6, 6.07) is 14.4. The fourth-order valence-corrected chi connectivity index (χ4v) is 4.07. The largest absolute Gasteiger partial charge is 0.497 e. The number of amides is 2. The molecule has 2 heterocycles. The predicted octanol–water partition coefficient (Wildman–Crippen LogP) is 2.80. The summed E-state index contributed by atoms with van der Waals surface area (Å²) in [6.45, 7) is 3.03. The molecule has 0 N–H and O–H groups in total. The van der Waals surface area contributed by atoms with Gasteiger partial charge >= 0.3 is 0 Å². The van der Waals surface area contributed by atoms with Crippen LogP contribution in [0.1, 0.15) is 6.42 Å². The molecule has 2 saturated heterocycles. The van der Waals surface area contributed by atoms with Crippen LogP contribution in [0, 0.1) is 0 Å². The third-order valence-electron chi connectivity index (χ3n) is 5.36. The number of halogens is 1.